The summed E-state index contributed by atoms with van der Waals surface area (Å²) < 4.78 is 4.50. The van der Waals surface area contributed by atoms with E-state index in [4.69, 9.17) is 9.97 Å². The van der Waals surface area contributed by atoms with E-state index in [0.717, 1.165) is 86.1 Å². The fourth-order valence-electron chi connectivity index (χ4n) is 6.60. The van der Waals surface area contributed by atoms with E-state index in [1.807, 2.05) is 12.1 Å². The number of phenols is 1. The van der Waals surface area contributed by atoms with Gasteiger partial charge in [-0.15, -0.1) is 22.7 Å². The van der Waals surface area contributed by atoms with Gasteiger partial charge in [0.2, 0.25) is 0 Å². The summed E-state index contributed by atoms with van der Waals surface area (Å²) in [5.74, 6) is 0.234. The summed E-state index contributed by atoms with van der Waals surface area (Å²) in [5, 5.41) is 10.2. The Morgan fingerprint density at radius 3 is 0.918 bits per heavy atom. The first-order valence-electron chi connectivity index (χ1n) is 16.1. The second kappa shape index (κ2) is 12.3. The van der Waals surface area contributed by atoms with E-state index in [0.29, 0.717) is 0 Å². The van der Waals surface area contributed by atoms with Crippen LogP contribution >= 0.6 is 22.7 Å². The fraction of sp³-hybridized carbons (Fsp3) is 0. The number of aromatic nitrogens is 2. The topological polar surface area (TPSA) is 46.0 Å². The van der Waals surface area contributed by atoms with E-state index in [1.165, 1.54) is 0 Å². The Bertz CT molecular complexity index is 2550. The van der Waals surface area contributed by atoms with Gasteiger partial charge in [0.15, 0.2) is 0 Å². The van der Waals surface area contributed by atoms with Gasteiger partial charge in [0.05, 0.1) is 22.8 Å². The third-order valence-electron chi connectivity index (χ3n) is 8.85. The van der Waals surface area contributed by atoms with Crippen molar-refractivity contribution in [2.75, 3.05) is 0 Å². The lowest BCUT2D eigenvalue weighted by molar-refractivity contribution is 0.475. The average Bonchev–Trinajstić information content (AvgIpc) is 3.98. The zero-order chi connectivity index (χ0) is 32.7. The van der Waals surface area contributed by atoms with Crippen molar-refractivity contribution in [3.63, 3.8) is 0 Å². The first kappa shape index (κ1) is 29.3. The van der Waals surface area contributed by atoms with Crippen LogP contribution < -0.4 is 0 Å². The van der Waals surface area contributed by atoms with Gasteiger partial charge < -0.3 is 5.11 Å². The van der Waals surface area contributed by atoms with Gasteiger partial charge in [0.25, 0.3) is 0 Å². The smallest absolute Gasteiger partial charge is 0.115 e. The molecule has 232 valence electrons. The number of hydrogen-bond acceptors (Lipinski definition) is 5. The van der Waals surface area contributed by atoms with Crippen LogP contribution in [-0.4, -0.2) is 15.1 Å². The van der Waals surface area contributed by atoms with E-state index >= 15 is 0 Å². The first-order valence-corrected chi connectivity index (χ1v) is 17.8. The largest absolute Gasteiger partial charge is 0.508 e. The minimum atomic E-state index is 0.234. The van der Waals surface area contributed by atoms with Crippen LogP contribution in [0.3, 0.4) is 0 Å². The standard InChI is InChI=1S/C44H28N2OS2/c47-32-18-16-31(17-19-32)44-36-23-22-35(46-36)43(30-14-8-3-9-15-30)38-25-24-37(48-38)41(28-10-4-1-5-11-28)33-20-21-34(45-33)42(29-12-6-2-7-13-29)39-26-27-40(44)49-39/h1-27,47H. The third-order valence-corrected chi connectivity index (χ3v) is 11.1. The highest BCUT2D eigenvalue weighted by atomic mass is 32.1. The van der Waals surface area contributed by atoms with Crippen LogP contribution in [0.25, 0.3) is 87.6 Å². The molecule has 0 atom stereocenters. The molecule has 3 nitrogen and oxygen atoms in total. The minimum Gasteiger partial charge on any atom is -0.508 e. The van der Waals surface area contributed by atoms with Gasteiger partial charge in [-0.2, -0.15) is 0 Å². The molecule has 5 heterocycles. The zero-order valence-corrected chi connectivity index (χ0v) is 27.9. The summed E-state index contributed by atoms with van der Waals surface area (Å²) in [6, 6.07) is 47.9. The average molecular weight is 665 g/mol. The Morgan fingerprint density at radius 1 is 0.327 bits per heavy atom. The van der Waals surface area contributed by atoms with Crippen LogP contribution in [0.4, 0.5) is 0 Å². The molecule has 0 saturated heterocycles. The fourth-order valence-corrected chi connectivity index (χ4v) is 8.92. The molecule has 49 heavy (non-hydrogen) atoms. The highest BCUT2D eigenvalue weighted by Gasteiger charge is 2.19. The normalized spacial score (nSPS) is 12.0. The third kappa shape index (κ3) is 5.39. The van der Waals surface area contributed by atoms with Crippen molar-refractivity contribution >= 4 is 65.8 Å². The summed E-state index contributed by atoms with van der Waals surface area (Å²) in [7, 11) is 0. The molecular weight excluding hydrogens is 637 g/mol. The molecule has 7 aromatic rings. The molecule has 9 rings (SSSR count). The molecule has 2 aliphatic rings. The SMILES string of the molecule is Oc1ccc(-c2c3nc(c(-c4ccccc4)c4ccc(s4)c(-c4ccccc4)c4nc(c(-c5ccccc5)c5ccc2s5)C=C4)C=C3)cc1. The van der Waals surface area contributed by atoms with Gasteiger partial charge in [0.1, 0.15) is 5.75 Å². The maximum atomic E-state index is 10.2. The summed E-state index contributed by atoms with van der Waals surface area (Å²) in [6.07, 6.45) is 8.58. The van der Waals surface area contributed by atoms with Gasteiger partial charge in [-0.05, 0) is 83.0 Å². The summed E-state index contributed by atoms with van der Waals surface area (Å²) in [6.45, 7) is 0. The van der Waals surface area contributed by atoms with Crippen molar-refractivity contribution in [1.29, 1.82) is 0 Å². The Hall–Kier alpha value is -5.88. The van der Waals surface area contributed by atoms with Crippen molar-refractivity contribution in [3.05, 3.63) is 162 Å². The van der Waals surface area contributed by atoms with Crippen LogP contribution in [0.2, 0.25) is 0 Å². The molecule has 4 aromatic carbocycles. The van der Waals surface area contributed by atoms with Crippen LogP contribution in [0.5, 0.6) is 5.75 Å². The number of thiophene rings is 2. The molecule has 0 spiro atoms. The minimum absolute atomic E-state index is 0.234. The second-order valence-corrected chi connectivity index (χ2v) is 14.1. The number of aromatic hydroxyl groups is 1. The van der Waals surface area contributed by atoms with Crippen molar-refractivity contribution < 1.29 is 5.11 Å². The Balaban J connectivity index is 1.48. The van der Waals surface area contributed by atoms with Crippen LogP contribution in [0.15, 0.2) is 140 Å². The molecule has 5 heteroatoms. The maximum Gasteiger partial charge on any atom is 0.115 e. The number of hydrogen-bond donors (Lipinski definition) is 1. The lowest BCUT2D eigenvalue weighted by Gasteiger charge is -2.06. The zero-order valence-electron chi connectivity index (χ0n) is 26.2. The number of benzene rings is 4. The van der Waals surface area contributed by atoms with Crippen LogP contribution in [-0.2, 0) is 0 Å². The lowest BCUT2D eigenvalue weighted by atomic mass is 10.0. The molecule has 1 N–H and O–H groups in total. The number of nitrogens with zero attached hydrogens (tertiary/aromatic N) is 2. The molecule has 0 fully saturated rings. The molecule has 0 aliphatic carbocycles. The van der Waals surface area contributed by atoms with E-state index in [1.54, 1.807) is 34.8 Å². The highest BCUT2D eigenvalue weighted by molar-refractivity contribution is 7.24. The molecular formula is C44H28N2OS2. The Labute approximate surface area is 292 Å². The molecule has 8 bridgehead atoms. The summed E-state index contributed by atoms with van der Waals surface area (Å²) >= 11 is 3.51. The molecule has 3 aromatic heterocycles. The Kier molecular flexibility index (Phi) is 7.34. The highest BCUT2D eigenvalue weighted by Crippen LogP contribution is 2.43. The van der Waals surface area contributed by atoms with E-state index in [-0.39, 0.29) is 5.75 Å². The number of fused-ring (bicyclic) bond motifs is 8. The van der Waals surface area contributed by atoms with Crippen molar-refractivity contribution in [1.82, 2.24) is 9.97 Å². The summed E-state index contributed by atoms with van der Waals surface area (Å²) in [4.78, 5) is 10.7. The van der Waals surface area contributed by atoms with Crippen LogP contribution in [0, 0.1) is 0 Å². The predicted octanol–water partition coefficient (Wildman–Crippen LogP) is 12.5. The quantitative estimate of drug-likeness (QED) is 0.204. The van der Waals surface area contributed by atoms with Crippen molar-refractivity contribution in [3.8, 4) is 50.3 Å². The molecule has 0 saturated carbocycles. The Morgan fingerprint density at radius 2 is 0.612 bits per heavy atom. The first-order chi connectivity index (χ1) is 24.2. The van der Waals surface area contributed by atoms with E-state index in [2.05, 4.69) is 140 Å². The van der Waals surface area contributed by atoms with Gasteiger partial charge in [-0.1, -0.05) is 103 Å². The molecule has 0 amide bonds. The number of phenolic OH excluding ortho intramolecular Hbond substituents is 1. The lowest BCUT2D eigenvalue weighted by Crippen LogP contribution is -1.86. The molecule has 0 radical (unpaired) electrons. The van der Waals surface area contributed by atoms with Crippen LogP contribution in [0.1, 0.15) is 22.8 Å². The summed E-state index contributed by atoms with van der Waals surface area (Å²) in [5.41, 5.74) is 12.4. The van der Waals surface area contributed by atoms with Crippen molar-refractivity contribution in [2.45, 2.75) is 0 Å². The monoisotopic (exact) mass is 664 g/mol. The van der Waals surface area contributed by atoms with E-state index < -0.39 is 0 Å². The number of rotatable bonds is 4. The van der Waals surface area contributed by atoms with Gasteiger partial charge in [-0.25, -0.2) is 9.97 Å². The predicted molar refractivity (Wildman–Crippen MR) is 209 cm³/mol. The van der Waals surface area contributed by atoms with Crippen molar-refractivity contribution in [2.24, 2.45) is 0 Å². The maximum absolute atomic E-state index is 10.2. The molecule has 0 unspecified atom stereocenters. The molecule has 2 aliphatic heterocycles. The van der Waals surface area contributed by atoms with E-state index in [9.17, 15) is 5.11 Å². The van der Waals surface area contributed by atoms with Gasteiger partial charge in [0, 0.05) is 41.1 Å². The van der Waals surface area contributed by atoms with Gasteiger partial charge in [-0.3, -0.25) is 0 Å². The second-order valence-electron chi connectivity index (χ2n) is 11.9. The van der Waals surface area contributed by atoms with Gasteiger partial charge >= 0.3 is 0 Å².